The Bertz CT molecular complexity index is 1750. The van der Waals surface area contributed by atoms with Crippen molar-refractivity contribution in [2.24, 2.45) is 23.7 Å². The summed E-state index contributed by atoms with van der Waals surface area (Å²) in [6.45, 7) is 6.67. The number of ether oxygens (including phenoxy) is 3. The monoisotopic (exact) mass is 638 g/mol. The molecule has 47 heavy (non-hydrogen) atoms. The molecular formula is C37H42N4O6. The first-order valence-corrected chi connectivity index (χ1v) is 16.7. The molecule has 0 bridgehead atoms. The van der Waals surface area contributed by atoms with E-state index < -0.39 is 0 Å². The van der Waals surface area contributed by atoms with Gasteiger partial charge in [-0.25, -0.2) is 9.59 Å². The topological polar surface area (TPSA) is 118 Å². The van der Waals surface area contributed by atoms with E-state index >= 15 is 0 Å². The van der Waals surface area contributed by atoms with Gasteiger partial charge in [-0.3, -0.25) is 9.36 Å². The van der Waals surface area contributed by atoms with E-state index in [1.54, 1.807) is 14.0 Å². The van der Waals surface area contributed by atoms with Gasteiger partial charge in [0.2, 0.25) is 0 Å². The zero-order chi connectivity index (χ0) is 32.7. The molecule has 0 spiro atoms. The van der Waals surface area contributed by atoms with Crippen LogP contribution in [0.4, 0.5) is 0 Å². The number of nitrogens with zero attached hydrogens (tertiary/aromatic N) is 4. The minimum atomic E-state index is -0.336. The van der Waals surface area contributed by atoms with Crippen LogP contribution in [0.1, 0.15) is 80.3 Å². The quantitative estimate of drug-likeness (QED) is 0.237. The third-order valence-corrected chi connectivity index (χ3v) is 10.2. The fourth-order valence-corrected chi connectivity index (χ4v) is 8.05. The Hall–Kier alpha value is -4.28. The second-order valence-electron chi connectivity index (χ2n) is 12.9. The van der Waals surface area contributed by atoms with E-state index in [2.05, 4.69) is 34.5 Å². The summed E-state index contributed by atoms with van der Waals surface area (Å²) >= 11 is 0. The number of rotatable bonds is 11. The number of aliphatic hydroxyl groups excluding tert-OH is 1. The number of fused-ring (bicyclic) bond motifs is 6. The first-order valence-electron chi connectivity index (χ1n) is 16.7. The fourth-order valence-electron chi connectivity index (χ4n) is 8.05. The van der Waals surface area contributed by atoms with Crippen molar-refractivity contribution in [1.82, 2.24) is 19.6 Å². The van der Waals surface area contributed by atoms with E-state index in [9.17, 15) is 14.7 Å². The average molecular weight is 639 g/mol. The number of benzene rings is 2. The van der Waals surface area contributed by atoms with Gasteiger partial charge in [-0.05, 0) is 61.5 Å². The molecular weight excluding hydrogens is 596 g/mol. The maximum Gasteiger partial charge on any atom is 0.359 e. The molecule has 4 aliphatic rings. The van der Waals surface area contributed by atoms with Crippen LogP contribution in [-0.2, 0) is 40.1 Å². The van der Waals surface area contributed by atoms with Crippen LogP contribution in [0.15, 0.2) is 60.7 Å². The van der Waals surface area contributed by atoms with E-state index in [0.717, 1.165) is 41.8 Å². The summed E-state index contributed by atoms with van der Waals surface area (Å²) in [5.74, 6) is 2.11. The van der Waals surface area contributed by atoms with Crippen LogP contribution in [0, 0.1) is 23.7 Å². The van der Waals surface area contributed by atoms with Crippen molar-refractivity contribution < 1.29 is 28.9 Å². The first kappa shape index (κ1) is 31.3. The van der Waals surface area contributed by atoms with Gasteiger partial charge in [0.1, 0.15) is 0 Å². The summed E-state index contributed by atoms with van der Waals surface area (Å²) in [7, 11) is 1.75. The van der Waals surface area contributed by atoms with E-state index in [4.69, 9.17) is 14.2 Å². The smallest absolute Gasteiger partial charge is 0.359 e. The Morgan fingerprint density at radius 2 is 1.19 bits per heavy atom. The molecule has 2 aromatic heterocycles. The lowest BCUT2D eigenvalue weighted by Crippen LogP contribution is -2.10. The van der Waals surface area contributed by atoms with E-state index in [1.165, 1.54) is 11.3 Å². The highest BCUT2D eigenvalue weighted by Gasteiger charge is 2.59. The zero-order valence-electron chi connectivity index (χ0n) is 27.2. The van der Waals surface area contributed by atoms with Crippen molar-refractivity contribution in [2.45, 2.75) is 51.6 Å². The number of aliphatic hydroxyl groups is 1. The summed E-state index contributed by atoms with van der Waals surface area (Å²) in [6.07, 6.45) is 1.74. The minimum absolute atomic E-state index is 0.208. The number of carbonyl (C=O) groups is 2. The lowest BCUT2D eigenvalue weighted by Gasteiger charge is -2.08. The van der Waals surface area contributed by atoms with Crippen molar-refractivity contribution >= 4 is 11.9 Å². The molecule has 2 saturated carbocycles. The molecule has 0 unspecified atom stereocenters. The SMILES string of the molecule is CCOC(=O)c1nn(Cc2ccccc2)c2c1C[C@H]1[C@H](CO)[C@@H]21.CCOC(=O)c1nn(Cc2ccccc2)c2c1C[C@H]1[C@H](COC)[C@@H]21. The summed E-state index contributed by atoms with van der Waals surface area (Å²) in [4.78, 5) is 24.5. The summed E-state index contributed by atoms with van der Waals surface area (Å²) in [5, 5.41) is 18.7. The maximum atomic E-state index is 12.3. The van der Waals surface area contributed by atoms with Crippen molar-refractivity contribution in [2.75, 3.05) is 33.5 Å². The maximum absolute atomic E-state index is 12.3. The summed E-state index contributed by atoms with van der Waals surface area (Å²) < 4.78 is 19.7. The molecule has 4 aromatic rings. The highest BCUT2D eigenvalue weighted by atomic mass is 16.5. The predicted octanol–water partition coefficient (Wildman–Crippen LogP) is 4.63. The van der Waals surface area contributed by atoms with Crippen molar-refractivity contribution in [1.29, 1.82) is 0 Å². The number of esters is 2. The van der Waals surface area contributed by atoms with Gasteiger partial charge in [0, 0.05) is 54.7 Å². The molecule has 10 nitrogen and oxygen atoms in total. The molecule has 0 aliphatic heterocycles. The molecule has 4 aliphatic carbocycles. The Kier molecular flexibility index (Phi) is 8.72. The highest BCUT2D eigenvalue weighted by Crippen LogP contribution is 2.62. The van der Waals surface area contributed by atoms with Crippen LogP contribution in [0.25, 0.3) is 0 Å². The Morgan fingerprint density at radius 3 is 1.62 bits per heavy atom. The molecule has 0 saturated heterocycles. The molecule has 8 rings (SSSR count). The molecule has 6 atom stereocenters. The van der Waals surface area contributed by atoms with Gasteiger partial charge >= 0.3 is 11.9 Å². The molecule has 2 fully saturated rings. The van der Waals surface area contributed by atoms with E-state index in [1.807, 2.05) is 52.7 Å². The Morgan fingerprint density at radius 1 is 0.745 bits per heavy atom. The van der Waals surface area contributed by atoms with Crippen LogP contribution in [-0.4, -0.2) is 70.1 Å². The predicted molar refractivity (Wildman–Crippen MR) is 173 cm³/mol. The van der Waals surface area contributed by atoms with E-state index in [-0.39, 0.29) is 18.5 Å². The Labute approximate surface area is 274 Å². The molecule has 2 aromatic carbocycles. The van der Waals surface area contributed by atoms with Crippen LogP contribution in [0.2, 0.25) is 0 Å². The average Bonchev–Trinajstić information content (AvgIpc) is 3.58. The summed E-state index contributed by atoms with van der Waals surface area (Å²) in [6, 6.07) is 20.3. The zero-order valence-corrected chi connectivity index (χ0v) is 27.2. The van der Waals surface area contributed by atoms with Crippen molar-refractivity contribution in [3.8, 4) is 0 Å². The second kappa shape index (κ2) is 13.1. The van der Waals surface area contributed by atoms with E-state index in [0.29, 0.717) is 73.2 Å². The third kappa shape index (κ3) is 5.78. The summed E-state index contributed by atoms with van der Waals surface area (Å²) in [5.41, 5.74) is 7.76. The first-order chi connectivity index (χ1) is 23.0. The number of hydrogen-bond acceptors (Lipinski definition) is 8. The van der Waals surface area contributed by atoms with Gasteiger partial charge in [0.15, 0.2) is 11.4 Å². The molecule has 0 radical (unpaired) electrons. The second-order valence-corrected chi connectivity index (χ2v) is 12.9. The lowest BCUT2D eigenvalue weighted by atomic mass is 10.1. The van der Waals surface area contributed by atoms with Crippen molar-refractivity contribution in [3.05, 3.63) is 106 Å². The van der Waals surface area contributed by atoms with Gasteiger partial charge in [0.25, 0.3) is 0 Å². The van der Waals surface area contributed by atoms with Crippen LogP contribution in [0.3, 0.4) is 0 Å². The lowest BCUT2D eigenvalue weighted by molar-refractivity contribution is 0.0507. The number of aromatic nitrogens is 4. The fraction of sp³-hybridized carbons (Fsp3) is 0.459. The number of carbonyl (C=O) groups excluding carboxylic acids is 2. The number of methoxy groups -OCH3 is 1. The van der Waals surface area contributed by atoms with Gasteiger partial charge < -0.3 is 19.3 Å². The van der Waals surface area contributed by atoms with Gasteiger partial charge in [0.05, 0.1) is 26.3 Å². The third-order valence-electron chi connectivity index (χ3n) is 10.2. The molecule has 10 heteroatoms. The van der Waals surface area contributed by atoms with Crippen LogP contribution < -0.4 is 0 Å². The van der Waals surface area contributed by atoms with Gasteiger partial charge in [-0.2, -0.15) is 10.2 Å². The normalized spacial score (nSPS) is 23.9. The van der Waals surface area contributed by atoms with Crippen molar-refractivity contribution in [3.63, 3.8) is 0 Å². The Balaban J connectivity index is 0.000000150. The standard InChI is InChI=1S/C19H22N2O3.C18H20N2O3/c1-3-24-19(22)17-14-9-13-15(11-23-2)16(13)18(14)21(20-17)10-12-7-5-4-6-8-12;1-2-23-18(22)16-13-8-12-14(10-21)15(12)17(13)20(19-16)9-11-6-4-3-5-7-11/h4-8,13,15-16H,3,9-11H2,1-2H3;3-7,12,14-15,21H,2,8-10H2,1H3/t13-,15-,16-;12-,14-,15-/m00/s1. The molecule has 246 valence electrons. The largest absolute Gasteiger partial charge is 0.461 e. The molecule has 2 heterocycles. The van der Waals surface area contributed by atoms with Gasteiger partial charge in [-0.15, -0.1) is 0 Å². The van der Waals surface area contributed by atoms with Crippen LogP contribution >= 0.6 is 0 Å². The molecule has 0 amide bonds. The molecule has 1 N–H and O–H groups in total. The number of hydrogen-bond donors (Lipinski definition) is 1. The van der Waals surface area contributed by atoms with Gasteiger partial charge in [-0.1, -0.05) is 60.7 Å². The minimum Gasteiger partial charge on any atom is -0.461 e. The highest BCUT2D eigenvalue weighted by molar-refractivity contribution is 5.90. The van der Waals surface area contributed by atoms with Crippen LogP contribution in [0.5, 0.6) is 0 Å².